The summed E-state index contributed by atoms with van der Waals surface area (Å²) in [5.74, 6) is 1.33. The first-order valence-electron chi connectivity index (χ1n) is 9.55. The molecule has 4 rings (SSSR count). The lowest BCUT2D eigenvalue weighted by atomic mass is 10.1. The van der Waals surface area contributed by atoms with Crippen LogP contribution in [-0.4, -0.2) is 32.1 Å². The highest BCUT2D eigenvalue weighted by Crippen LogP contribution is 2.24. The predicted octanol–water partition coefficient (Wildman–Crippen LogP) is 3.73. The number of halogens is 1. The zero-order valence-electron chi connectivity index (χ0n) is 16.1. The fourth-order valence-electron chi connectivity index (χ4n) is 3.88. The second-order valence-corrected chi connectivity index (χ2v) is 7.38. The van der Waals surface area contributed by atoms with Crippen LogP contribution in [0.25, 0.3) is 0 Å². The number of fused-ring (bicyclic) bond motifs is 1. The van der Waals surface area contributed by atoms with E-state index in [9.17, 15) is 9.18 Å². The van der Waals surface area contributed by atoms with Gasteiger partial charge in [-0.1, -0.05) is 30.3 Å². The van der Waals surface area contributed by atoms with Gasteiger partial charge in [-0.05, 0) is 49.6 Å². The highest BCUT2D eigenvalue weighted by molar-refractivity contribution is 5.95. The lowest BCUT2D eigenvalue weighted by Gasteiger charge is -2.33. The zero-order valence-corrected chi connectivity index (χ0v) is 16.1. The fraction of sp³-hybridized carbons (Fsp3) is 0.318. The second-order valence-electron chi connectivity index (χ2n) is 7.38. The molecule has 1 aromatic heterocycles. The number of benzene rings is 2. The number of carbonyl (C=O) groups is 1. The summed E-state index contributed by atoms with van der Waals surface area (Å²) in [6.45, 7) is 4.83. The molecule has 6 heteroatoms. The molecule has 0 saturated carbocycles. The van der Waals surface area contributed by atoms with Crippen molar-refractivity contribution in [2.45, 2.75) is 39.3 Å². The van der Waals surface area contributed by atoms with E-state index in [0.29, 0.717) is 24.2 Å². The number of nitrogens with zero attached hydrogens (tertiary/aromatic N) is 4. The van der Waals surface area contributed by atoms with E-state index in [2.05, 4.69) is 33.8 Å². The number of amides is 1. The summed E-state index contributed by atoms with van der Waals surface area (Å²) >= 11 is 0. The summed E-state index contributed by atoms with van der Waals surface area (Å²) < 4.78 is 15.5. The number of aryl methyl sites for hydroxylation is 3. The Morgan fingerprint density at radius 2 is 1.93 bits per heavy atom. The molecular formula is C22H23FN4O. The maximum atomic E-state index is 13.4. The third-order valence-electron chi connectivity index (χ3n) is 5.28. The van der Waals surface area contributed by atoms with Gasteiger partial charge in [0.15, 0.2) is 5.82 Å². The van der Waals surface area contributed by atoms with Crippen LogP contribution < -0.4 is 0 Å². The molecule has 0 spiro atoms. The third-order valence-corrected chi connectivity index (χ3v) is 5.28. The standard InChI is InChI=1S/C22H23FN4O/c1-15-12-18(23)9-10-19(15)22(28)26-13-16(2)27-20(24-25-21(27)14-26)11-8-17-6-4-3-5-7-17/h3-7,9-10,12,16H,8,11,13-14H2,1-2H3/t16-/m0/s1. The quantitative estimate of drug-likeness (QED) is 0.695. The number of carbonyl (C=O) groups excluding carboxylic acids is 1. The molecule has 0 fully saturated rings. The van der Waals surface area contributed by atoms with Crippen LogP contribution in [0.1, 0.15) is 46.1 Å². The van der Waals surface area contributed by atoms with Gasteiger partial charge in [0, 0.05) is 18.5 Å². The van der Waals surface area contributed by atoms with Crippen LogP contribution in [0, 0.1) is 12.7 Å². The van der Waals surface area contributed by atoms with E-state index in [0.717, 1.165) is 24.5 Å². The largest absolute Gasteiger partial charge is 0.329 e. The average Bonchev–Trinajstić information content (AvgIpc) is 3.10. The Hall–Kier alpha value is -3.02. The normalized spacial score (nSPS) is 16.1. The highest BCUT2D eigenvalue weighted by atomic mass is 19.1. The van der Waals surface area contributed by atoms with E-state index in [1.165, 1.54) is 17.7 Å². The first-order valence-corrected chi connectivity index (χ1v) is 9.55. The van der Waals surface area contributed by atoms with E-state index in [4.69, 9.17) is 0 Å². The monoisotopic (exact) mass is 378 g/mol. The van der Waals surface area contributed by atoms with Crippen molar-refractivity contribution in [1.82, 2.24) is 19.7 Å². The van der Waals surface area contributed by atoms with E-state index < -0.39 is 0 Å². The summed E-state index contributed by atoms with van der Waals surface area (Å²) in [5.41, 5.74) is 2.45. The van der Waals surface area contributed by atoms with Gasteiger partial charge in [0.05, 0.1) is 12.6 Å². The fourth-order valence-corrected chi connectivity index (χ4v) is 3.88. The van der Waals surface area contributed by atoms with Crippen molar-refractivity contribution in [3.8, 4) is 0 Å². The van der Waals surface area contributed by atoms with Crippen molar-refractivity contribution in [3.63, 3.8) is 0 Å². The van der Waals surface area contributed by atoms with E-state index >= 15 is 0 Å². The van der Waals surface area contributed by atoms with Gasteiger partial charge in [0.1, 0.15) is 11.6 Å². The van der Waals surface area contributed by atoms with Crippen LogP contribution in [0.5, 0.6) is 0 Å². The summed E-state index contributed by atoms with van der Waals surface area (Å²) in [6.07, 6.45) is 1.72. The summed E-state index contributed by atoms with van der Waals surface area (Å²) in [6, 6.07) is 14.7. The van der Waals surface area contributed by atoms with Gasteiger partial charge in [-0.3, -0.25) is 4.79 Å². The minimum absolute atomic E-state index is 0.0919. The minimum atomic E-state index is -0.330. The van der Waals surface area contributed by atoms with Crippen molar-refractivity contribution in [1.29, 1.82) is 0 Å². The Balaban J connectivity index is 1.51. The molecular weight excluding hydrogens is 355 g/mol. The second kappa shape index (κ2) is 7.54. The van der Waals surface area contributed by atoms with Crippen molar-refractivity contribution >= 4 is 5.91 Å². The first kappa shape index (κ1) is 18.3. The summed E-state index contributed by atoms with van der Waals surface area (Å²) in [4.78, 5) is 14.7. The third kappa shape index (κ3) is 3.54. The molecule has 1 aliphatic heterocycles. The van der Waals surface area contributed by atoms with Crippen LogP contribution in [-0.2, 0) is 19.4 Å². The van der Waals surface area contributed by atoms with Crippen LogP contribution in [0.2, 0.25) is 0 Å². The van der Waals surface area contributed by atoms with Crippen LogP contribution in [0.15, 0.2) is 48.5 Å². The van der Waals surface area contributed by atoms with Crippen molar-refractivity contribution in [3.05, 3.63) is 82.7 Å². The molecule has 0 N–H and O–H groups in total. The van der Waals surface area contributed by atoms with Gasteiger partial charge in [0.25, 0.3) is 5.91 Å². The first-order chi connectivity index (χ1) is 13.5. The maximum Gasteiger partial charge on any atom is 0.254 e. The molecule has 1 atom stereocenters. The highest BCUT2D eigenvalue weighted by Gasteiger charge is 2.30. The van der Waals surface area contributed by atoms with E-state index in [-0.39, 0.29) is 17.8 Å². The molecule has 2 heterocycles. The molecule has 0 unspecified atom stereocenters. The SMILES string of the molecule is Cc1cc(F)ccc1C(=O)N1Cc2nnc(CCc3ccccc3)n2[C@@H](C)C1. The van der Waals surface area contributed by atoms with Gasteiger partial charge in [-0.25, -0.2) is 4.39 Å². The molecule has 0 bridgehead atoms. The summed E-state index contributed by atoms with van der Waals surface area (Å²) in [5, 5.41) is 8.73. The van der Waals surface area contributed by atoms with E-state index in [1.807, 2.05) is 18.2 Å². The summed E-state index contributed by atoms with van der Waals surface area (Å²) in [7, 11) is 0. The Bertz CT molecular complexity index is 999. The number of hydrogen-bond donors (Lipinski definition) is 0. The molecule has 28 heavy (non-hydrogen) atoms. The van der Waals surface area contributed by atoms with Gasteiger partial charge >= 0.3 is 0 Å². The number of aromatic nitrogens is 3. The van der Waals surface area contributed by atoms with E-state index in [1.54, 1.807) is 17.9 Å². The smallest absolute Gasteiger partial charge is 0.254 e. The zero-order chi connectivity index (χ0) is 19.7. The molecule has 0 aliphatic carbocycles. The lowest BCUT2D eigenvalue weighted by Crippen LogP contribution is -2.41. The van der Waals surface area contributed by atoms with Crippen molar-refractivity contribution < 1.29 is 9.18 Å². The van der Waals surface area contributed by atoms with Gasteiger partial charge in [0.2, 0.25) is 0 Å². The van der Waals surface area contributed by atoms with Crippen LogP contribution in [0.4, 0.5) is 4.39 Å². The molecule has 3 aromatic rings. The lowest BCUT2D eigenvalue weighted by molar-refractivity contribution is 0.0679. The predicted molar refractivity (Wildman–Crippen MR) is 104 cm³/mol. The number of rotatable bonds is 4. The Morgan fingerprint density at radius 1 is 1.14 bits per heavy atom. The molecule has 1 aliphatic rings. The molecule has 1 amide bonds. The van der Waals surface area contributed by atoms with Crippen molar-refractivity contribution in [2.75, 3.05) is 6.54 Å². The topological polar surface area (TPSA) is 51.0 Å². The maximum absolute atomic E-state index is 13.4. The average molecular weight is 378 g/mol. The van der Waals surface area contributed by atoms with Crippen molar-refractivity contribution in [2.24, 2.45) is 0 Å². The Labute approximate surface area is 163 Å². The minimum Gasteiger partial charge on any atom is -0.329 e. The van der Waals surface area contributed by atoms with Crippen LogP contribution >= 0.6 is 0 Å². The molecule has 2 aromatic carbocycles. The molecule has 144 valence electrons. The van der Waals surface area contributed by atoms with Gasteiger partial charge in [-0.2, -0.15) is 0 Å². The molecule has 0 radical (unpaired) electrons. The molecule has 0 saturated heterocycles. The van der Waals surface area contributed by atoms with Gasteiger partial charge < -0.3 is 9.47 Å². The molecule has 5 nitrogen and oxygen atoms in total. The van der Waals surface area contributed by atoms with Gasteiger partial charge in [-0.15, -0.1) is 10.2 Å². The van der Waals surface area contributed by atoms with Crippen LogP contribution in [0.3, 0.4) is 0 Å². The Kier molecular flexibility index (Phi) is 4.94. The number of hydrogen-bond acceptors (Lipinski definition) is 3. The Morgan fingerprint density at radius 3 is 2.68 bits per heavy atom.